The maximum Gasteiger partial charge on any atom is 0.252 e. The molecule has 0 spiro atoms. The highest BCUT2D eigenvalue weighted by atomic mass is 35.5. The van der Waals surface area contributed by atoms with Crippen LogP contribution in [-0.2, 0) is 0 Å². The molecule has 1 atom stereocenters. The lowest BCUT2D eigenvalue weighted by molar-refractivity contribution is 0.0824. The third-order valence-corrected chi connectivity index (χ3v) is 2.80. The Bertz CT molecular complexity index is 459. The standard InChI is InChI=1S/C11H11ClN2O2/c12-6-1-2-7-8(5-6)10(15)9(3-4-13)14-11(7)16/h1-2,5,9H,3-4,13H2,(H,14,16)/t9-/m0/s1. The number of hydrogen-bond donors (Lipinski definition) is 2. The molecule has 2 rings (SSSR count). The van der Waals surface area contributed by atoms with Crippen molar-refractivity contribution in [2.24, 2.45) is 5.73 Å². The van der Waals surface area contributed by atoms with Crippen molar-refractivity contribution in [2.45, 2.75) is 12.5 Å². The van der Waals surface area contributed by atoms with Crippen LogP contribution in [0.3, 0.4) is 0 Å². The number of benzene rings is 1. The number of hydrogen-bond acceptors (Lipinski definition) is 3. The number of ketones is 1. The number of fused-ring (bicyclic) bond motifs is 1. The lowest BCUT2D eigenvalue weighted by atomic mass is 9.92. The van der Waals surface area contributed by atoms with Gasteiger partial charge in [0.15, 0.2) is 5.78 Å². The molecule has 1 aliphatic rings. The van der Waals surface area contributed by atoms with Crippen LogP contribution in [0.2, 0.25) is 5.02 Å². The van der Waals surface area contributed by atoms with Crippen LogP contribution in [0.15, 0.2) is 18.2 Å². The minimum atomic E-state index is -0.525. The Morgan fingerprint density at radius 2 is 2.06 bits per heavy atom. The molecule has 1 aliphatic heterocycles. The Balaban J connectivity index is 2.44. The summed E-state index contributed by atoms with van der Waals surface area (Å²) in [4.78, 5) is 23.7. The van der Waals surface area contributed by atoms with Crippen LogP contribution in [0, 0.1) is 0 Å². The van der Waals surface area contributed by atoms with Crippen LogP contribution in [0.4, 0.5) is 0 Å². The van der Waals surface area contributed by atoms with Crippen molar-refractivity contribution in [3.8, 4) is 0 Å². The van der Waals surface area contributed by atoms with Crippen LogP contribution < -0.4 is 11.1 Å². The maximum absolute atomic E-state index is 12.0. The molecular formula is C11H11ClN2O2. The number of rotatable bonds is 2. The molecule has 1 heterocycles. The van der Waals surface area contributed by atoms with E-state index in [1.165, 1.54) is 6.07 Å². The number of halogens is 1. The molecule has 0 saturated heterocycles. The highest BCUT2D eigenvalue weighted by Crippen LogP contribution is 2.22. The molecule has 3 N–H and O–H groups in total. The van der Waals surface area contributed by atoms with Crippen LogP contribution in [0.1, 0.15) is 27.1 Å². The van der Waals surface area contributed by atoms with Crippen LogP contribution in [-0.4, -0.2) is 24.3 Å². The van der Waals surface area contributed by atoms with Gasteiger partial charge in [-0.25, -0.2) is 0 Å². The smallest absolute Gasteiger partial charge is 0.252 e. The van der Waals surface area contributed by atoms with Gasteiger partial charge in [-0.1, -0.05) is 11.6 Å². The zero-order chi connectivity index (χ0) is 11.7. The summed E-state index contributed by atoms with van der Waals surface area (Å²) in [6.45, 7) is 0.354. The second-order valence-electron chi connectivity index (χ2n) is 3.66. The number of amides is 1. The zero-order valence-electron chi connectivity index (χ0n) is 8.50. The van der Waals surface area contributed by atoms with E-state index >= 15 is 0 Å². The average Bonchev–Trinajstić information content (AvgIpc) is 2.25. The van der Waals surface area contributed by atoms with Gasteiger partial charge in [0.25, 0.3) is 5.91 Å². The van der Waals surface area contributed by atoms with E-state index in [0.29, 0.717) is 29.1 Å². The molecule has 0 saturated carbocycles. The number of nitrogens with two attached hydrogens (primary N) is 1. The summed E-state index contributed by atoms with van der Waals surface area (Å²) in [6, 6.07) is 4.16. The molecule has 1 amide bonds. The first-order valence-electron chi connectivity index (χ1n) is 4.98. The quantitative estimate of drug-likeness (QED) is 0.807. The second kappa shape index (κ2) is 4.23. The highest BCUT2D eigenvalue weighted by Gasteiger charge is 2.31. The fourth-order valence-corrected chi connectivity index (χ4v) is 1.95. The normalized spacial score (nSPS) is 19.2. The minimum absolute atomic E-state index is 0.123. The molecule has 1 aromatic carbocycles. The van der Waals surface area contributed by atoms with Crippen LogP contribution in [0.5, 0.6) is 0 Å². The molecule has 0 bridgehead atoms. The van der Waals surface area contributed by atoms with E-state index in [-0.39, 0.29) is 11.7 Å². The van der Waals surface area contributed by atoms with Crippen molar-refractivity contribution < 1.29 is 9.59 Å². The molecule has 0 unspecified atom stereocenters. The van der Waals surface area contributed by atoms with Crippen molar-refractivity contribution in [1.82, 2.24) is 5.32 Å². The van der Waals surface area contributed by atoms with Crippen LogP contribution in [0.25, 0.3) is 0 Å². The second-order valence-corrected chi connectivity index (χ2v) is 4.09. The fraction of sp³-hybridized carbons (Fsp3) is 0.273. The van der Waals surface area contributed by atoms with Crippen LogP contribution >= 0.6 is 11.6 Å². The van der Waals surface area contributed by atoms with Crippen molar-refractivity contribution in [1.29, 1.82) is 0 Å². The Kier molecular flexibility index (Phi) is 2.94. The van der Waals surface area contributed by atoms with Crippen molar-refractivity contribution in [3.63, 3.8) is 0 Å². The molecule has 1 aromatic rings. The van der Waals surface area contributed by atoms with E-state index in [1.54, 1.807) is 12.1 Å². The van der Waals surface area contributed by atoms with E-state index in [9.17, 15) is 9.59 Å². The fourth-order valence-electron chi connectivity index (χ4n) is 1.78. The van der Waals surface area contributed by atoms with Gasteiger partial charge in [-0.05, 0) is 31.2 Å². The highest BCUT2D eigenvalue weighted by molar-refractivity contribution is 6.31. The molecule has 0 fully saturated rings. The largest absolute Gasteiger partial charge is 0.342 e. The van der Waals surface area contributed by atoms with Gasteiger partial charge in [0, 0.05) is 10.6 Å². The molecule has 84 valence electrons. The lowest BCUT2D eigenvalue weighted by Crippen LogP contribution is -2.47. The summed E-state index contributed by atoms with van der Waals surface area (Å²) >= 11 is 5.81. The Morgan fingerprint density at radius 1 is 1.31 bits per heavy atom. The third-order valence-electron chi connectivity index (χ3n) is 2.57. The zero-order valence-corrected chi connectivity index (χ0v) is 9.25. The van der Waals surface area contributed by atoms with Crippen molar-refractivity contribution in [2.75, 3.05) is 6.54 Å². The lowest BCUT2D eigenvalue weighted by Gasteiger charge is -2.23. The number of carbonyl (C=O) groups is 2. The van der Waals surface area contributed by atoms with Gasteiger partial charge in [-0.15, -0.1) is 0 Å². The molecule has 0 radical (unpaired) electrons. The van der Waals surface area contributed by atoms with Gasteiger partial charge >= 0.3 is 0 Å². The van der Waals surface area contributed by atoms with E-state index in [0.717, 1.165) is 0 Å². The van der Waals surface area contributed by atoms with Crippen molar-refractivity contribution in [3.05, 3.63) is 34.3 Å². The Labute approximate surface area is 97.8 Å². The predicted molar refractivity (Wildman–Crippen MR) is 60.7 cm³/mol. The average molecular weight is 239 g/mol. The van der Waals surface area contributed by atoms with Crippen molar-refractivity contribution >= 4 is 23.3 Å². The Hall–Kier alpha value is -1.39. The monoisotopic (exact) mass is 238 g/mol. The summed E-state index contributed by atoms with van der Waals surface area (Å²) < 4.78 is 0. The molecule has 0 aliphatic carbocycles. The Morgan fingerprint density at radius 3 is 2.75 bits per heavy atom. The third kappa shape index (κ3) is 1.81. The molecule has 5 heteroatoms. The number of Topliss-reactive ketones (excluding diaryl/α,β-unsaturated/α-hetero) is 1. The van der Waals surface area contributed by atoms with Gasteiger partial charge in [-0.3, -0.25) is 9.59 Å². The summed E-state index contributed by atoms with van der Waals surface area (Å²) in [7, 11) is 0. The molecule has 4 nitrogen and oxygen atoms in total. The molecule has 0 aromatic heterocycles. The topological polar surface area (TPSA) is 72.2 Å². The number of carbonyl (C=O) groups excluding carboxylic acids is 2. The summed E-state index contributed by atoms with van der Waals surface area (Å²) in [6.07, 6.45) is 0.441. The summed E-state index contributed by atoms with van der Waals surface area (Å²) in [5, 5.41) is 3.08. The molecule has 16 heavy (non-hydrogen) atoms. The van der Waals surface area contributed by atoms with Gasteiger partial charge < -0.3 is 11.1 Å². The van der Waals surface area contributed by atoms with E-state index in [1.807, 2.05) is 0 Å². The van der Waals surface area contributed by atoms with Gasteiger partial charge in [-0.2, -0.15) is 0 Å². The first-order chi connectivity index (χ1) is 7.63. The predicted octanol–water partition coefficient (Wildman–Crippen LogP) is 0.984. The van der Waals surface area contributed by atoms with E-state index in [4.69, 9.17) is 17.3 Å². The van der Waals surface area contributed by atoms with Gasteiger partial charge in [0.1, 0.15) is 0 Å². The maximum atomic E-state index is 12.0. The number of nitrogens with one attached hydrogen (secondary N) is 1. The van der Waals surface area contributed by atoms with E-state index in [2.05, 4.69) is 5.32 Å². The molecular weight excluding hydrogens is 228 g/mol. The van der Waals surface area contributed by atoms with Gasteiger partial charge in [0.2, 0.25) is 0 Å². The first-order valence-corrected chi connectivity index (χ1v) is 5.36. The minimum Gasteiger partial charge on any atom is -0.342 e. The summed E-state index contributed by atoms with van der Waals surface area (Å²) in [5.74, 6) is -0.368. The van der Waals surface area contributed by atoms with Gasteiger partial charge in [0.05, 0.1) is 11.6 Å². The van der Waals surface area contributed by atoms with E-state index < -0.39 is 6.04 Å². The first kappa shape index (κ1) is 11.1. The SMILES string of the molecule is NCC[C@@H]1NC(=O)c2ccc(Cl)cc2C1=O. The summed E-state index contributed by atoms with van der Waals surface area (Å²) in [5.41, 5.74) is 6.15.